The van der Waals surface area contributed by atoms with Crippen LogP contribution in [0.4, 0.5) is 0 Å². The molecule has 0 unspecified atom stereocenters. The Morgan fingerprint density at radius 2 is 1.69 bits per heavy atom. The molecule has 0 bridgehead atoms. The summed E-state index contributed by atoms with van der Waals surface area (Å²) in [6, 6.07) is 0. The fourth-order valence-electron chi connectivity index (χ4n) is 0.659. The largest absolute Gasteiger partial charge is 0.478 e. The van der Waals surface area contributed by atoms with Crippen molar-refractivity contribution in [2.45, 2.75) is 19.8 Å². The molecule has 13 heavy (non-hydrogen) atoms. The highest BCUT2D eigenvalue weighted by molar-refractivity contribution is 5.94. The lowest BCUT2D eigenvalue weighted by Crippen LogP contribution is -2.03. The SMILES string of the molecule is CCCC(=CC(=O)O)C(=O)O.Cl.Cl. The van der Waals surface area contributed by atoms with Gasteiger partial charge >= 0.3 is 11.9 Å². The van der Waals surface area contributed by atoms with Crippen molar-refractivity contribution in [1.82, 2.24) is 0 Å². The molecule has 78 valence electrons. The van der Waals surface area contributed by atoms with E-state index < -0.39 is 11.9 Å². The van der Waals surface area contributed by atoms with Crippen LogP contribution < -0.4 is 0 Å². The maximum atomic E-state index is 10.3. The Bertz CT molecular complexity index is 201. The van der Waals surface area contributed by atoms with Crippen LogP contribution in [0, 0.1) is 0 Å². The van der Waals surface area contributed by atoms with Gasteiger partial charge in [-0.3, -0.25) is 0 Å². The van der Waals surface area contributed by atoms with Crippen molar-refractivity contribution < 1.29 is 19.8 Å². The first kappa shape index (κ1) is 18.1. The Balaban J connectivity index is -0.000000500. The predicted octanol–water partition coefficient (Wildman–Crippen LogP) is 1.73. The monoisotopic (exact) mass is 230 g/mol. The van der Waals surface area contributed by atoms with Gasteiger partial charge in [0.15, 0.2) is 0 Å². The van der Waals surface area contributed by atoms with Gasteiger partial charge in [-0.25, -0.2) is 9.59 Å². The summed E-state index contributed by atoms with van der Waals surface area (Å²) in [6.45, 7) is 1.79. The van der Waals surface area contributed by atoms with Crippen LogP contribution in [0.5, 0.6) is 0 Å². The highest BCUT2D eigenvalue weighted by Crippen LogP contribution is 2.03. The van der Waals surface area contributed by atoms with Crippen LogP contribution in [0.2, 0.25) is 0 Å². The van der Waals surface area contributed by atoms with E-state index in [1.54, 1.807) is 6.92 Å². The molecule has 2 N–H and O–H groups in total. The van der Waals surface area contributed by atoms with Gasteiger partial charge in [-0.15, -0.1) is 24.8 Å². The smallest absolute Gasteiger partial charge is 0.331 e. The number of hydrogen-bond donors (Lipinski definition) is 2. The molecule has 0 amide bonds. The summed E-state index contributed by atoms with van der Waals surface area (Å²) in [4.78, 5) is 20.3. The number of carboxylic acid groups (broad SMARTS) is 2. The summed E-state index contributed by atoms with van der Waals surface area (Å²) >= 11 is 0. The minimum Gasteiger partial charge on any atom is -0.478 e. The molecule has 0 aliphatic carbocycles. The van der Waals surface area contributed by atoms with Crippen molar-refractivity contribution in [2.24, 2.45) is 0 Å². The van der Waals surface area contributed by atoms with Crippen LogP contribution >= 0.6 is 24.8 Å². The highest BCUT2D eigenvalue weighted by Gasteiger charge is 2.07. The molecule has 0 fully saturated rings. The van der Waals surface area contributed by atoms with Crippen LogP contribution in [0.1, 0.15) is 19.8 Å². The number of hydrogen-bond acceptors (Lipinski definition) is 2. The molecule has 0 aromatic carbocycles. The predicted molar refractivity (Wildman–Crippen MR) is 52.8 cm³/mol. The van der Waals surface area contributed by atoms with Gasteiger partial charge < -0.3 is 10.2 Å². The number of halogens is 2. The molecular weight excluding hydrogens is 219 g/mol. The Hall–Kier alpha value is -0.740. The first-order chi connectivity index (χ1) is 5.07. The summed E-state index contributed by atoms with van der Waals surface area (Å²) in [6.07, 6.45) is 1.65. The second-order valence-corrected chi connectivity index (χ2v) is 2.06. The van der Waals surface area contributed by atoms with Gasteiger partial charge in [-0.1, -0.05) is 13.3 Å². The van der Waals surface area contributed by atoms with Gasteiger partial charge in [0.05, 0.1) is 0 Å². The van der Waals surface area contributed by atoms with Gasteiger partial charge in [0.1, 0.15) is 0 Å². The first-order valence-electron chi connectivity index (χ1n) is 3.24. The maximum Gasteiger partial charge on any atom is 0.331 e. The topological polar surface area (TPSA) is 74.6 Å². The van der Waals surface area contributed by atoms with Crippen LogP contribution in [-0.4, -0.2) is 22.2 Å². The van der Waals surface area contributed by atoms with Crippen LogP contribution in [0.25, 0.3) is 0 Å². The van der Waals surface area contributed by atoms with E-state index >= 15 is 0 Å². The van der Waals surface area contributed by atoms with Gasteiger partial charge in [0, 0.05) is 11.6 Å². The first-order valence-corrected chi connectivity index (χ1v) is 3.24. The van der Waals surface area contributed by atoms with Gasteiger partial charge in [0.25, 0.3) is 0 Å². The molecule has 0 saturated heterocycles. The molecule has 0 spiro atoms. The zero-order valence-corrected chi connectivity index (χ0v) is 8.65. The number of aliphatic carboxylic acids is 2. The molecule has 0 heterocycles. The third kappa shape index (κ3) is 9.17. The summed E-state index contributed by atoms with van der Waals surface area (Å²) in [7, 11) is 0. The van der Waals surface area contributed by atoms with E-state index in [4.69, 9.17) is 10.2 Å². The Labute approximate surface area is 88.5 Å². The lowest BCUT2D eigenvalue weighted by atomic mass is 10.1. The van der Waals surface area contributed by atoms with Crippen LogP contribution in [-0.2, 0) is 9.59 Å². The summed E-state index contributed by atoms with van der Waals surface area (Å²) < 4.78 is 0. The van der Waals surface area contributed by atoms with Crippen molar-refractivity contribution in [3.63, 3.8) is 0 Å². The van der Waals surface area contributed by atoms with Crippen LogP contribution in [0.15, 0.2) is 11.6 Å². The van der Waals surface area contributed by atoms with E-state index in [2.05, 4.69) is 0 Å². The molecule has 0 aromatic rings. The third-order valence-electron chi connectivity index (χ3n) is 1.09. The van der Waals surface area contributed by atoms with E-state index in [9.17, 15) is 9.59 Å². The summed E-state index contributed by atoms with van der Waals surface area (Å²) in [5, 5.41) is 16.6. The molecule has 0 radical (unpaired) electrons. The second-order valence-electron chi connectivity index (χ2n) is 2.06. The van der Waals surface area contributed by atoms with E-state index in [1.165, 1.54) is 0 Å². The molecule has 0 aromatic heterocycles. The summed E-state index contributed by atoms with van der Waals surface area (Å²) in [5.74, 6) is -2.37. The van der Waals surface area contributed by atoms with E-state index in [0.29, 0.717) is 12.8 Å². The molecule has 0 saturated carbocycles. The standard InChI is InChI=1S/C7H10O4.2ClH/c1-2-3-5(7(10)11)4-6(8)9;;/h4H,2-3H2,1H3,(H,8,9)(H,10,11);2*1H. The average Bonchev–Trinajstić information content (AvgIpc) is 1.86. The average molecular weight is 231 g/mol. The maximum absolute atomic E-state index is 10.3. The Kier molecular flexibility index (Phi) is 13.0. The Morgan fingerprint density at radius 1 is 1.23 bits per heavy atom. The van der Waals surface area contributed by atoms with Gasteiger partial charge in [-0.2, -0.15) is 0 Å². The molecule has 0 aliphatic heterocycles. The zero-order chi connectivity index (χ0) is 8.85. The van der Waals surface area contributed by atoms with Crippen molar-refractivity contribution in [3.05, 3.63) is 11.6 Å². The van der Waals surface area contributed by atoms with E-state index in [1.807, 2.05) is 0 Å². The lowest BCUT2D eigenvalue weighted by molar-refractivity contribution is -0.135. The van der Waals surface area contributed by atoms with Crippen molar-refractivity contribution in [3.8, 4) is 0 Å². The number of carboxylic acids is 2. The molecule has 6 heteroatoms. The number of rotatable bonds is 4. The second kappa shape index (κ2) is 9.35. The quantitative estimate of drug-likeness (QED) is 0.722. The lowest BCUT2D eigenvalue weighted by Gasteiger charge is -1.95. The fourth-order valence-corrected chi connectivity index (χ4v) is 0.659. The minimum absolute atomic E-state index is 0. The molecule has 4 nitrogen and oxygen atoms in total. The minimum atomic E-state index is -1.21. The molecular formula is C7H12Cl2O4. The molecule has 0 atom stereocenters. The van der Waals surface area contributed by atoms with Crippen molar-refractivity contribution >= 4 is 36.8 Å². The van der Waals surface area contributed by atoms with Gasteiger partial charge in [0.2, 0.25) is 0 Å². The number of carbonyl (C=O) groups is 2. The van der Waals surface area contributed by atoms with Gasteiger partial charge in [-0.05, 0) is 6.42 Å². The van der Waals surface area contributed by atoms with Crippen LogP contribution in [0.3, 0.4) is 0 Å². The van der Waals surface area contributed by atoms with E-state index in [0.717, 1.165) is 6.08 Å². The summed E-state index contributed by atoms with van der Waals surface area (Å²) in [5.41, 5.74) is -0.0556. The van der Waals surface area contributed by atoms with Crippen molar-refractivity contribution in [2.75, 3.05) is 0 Å². The zero-order valence-electron chi connectivity index (χ0n) is 7.02. The van der Waals surface area contributed by atoms with Crippen molar-refractivity contribution in [1.29, 1.82) is 0 Å². The molecule has 0 rings (SSSR count). The third-order valence-corrected chi connectivity index (χ3v) is 1.09. The normalized spacial score (nSPS) is 9.46. The van der Waals surface area contributed by atoms with E-state index in [-0.39, 0.29) is 30.4 Å². The highest BCUT2D eigenvalue weighted by atomic mass is 35.5. The molecule has 0 aliphatic rings. The Morgan fingerprint density at radius 3 is 1.92 bits per heavy atom. The fraction of sp³-hybridized carbons (Fsp3) is 0.429.